The predicted octanol–water partition coefficient (Wildman–Crippen LogP) is 3.92. The molecule has 1 aliphatic rings. The molecule has 0 radical (unpaired) electrons. The third kappa shape index (κ3) is 3.84. The van der Waals surface area contributed by atoms with Crippen LogP contribution in [0, 0.1) is 0 Å². The molecule has 6 nitrogen and oxygen atoms in total. The molecule has 0 unspecified atom stereocenters. The van der Waals surface area contributed by atoms with Crippen LogP contribution in [0.4, 0.5) is 5.82 Å². The molecule has 2 aromatic heterocycles. The Morgan fingerprint density at radius 1 is 1.07 bits per heavy atom. The quantitative estimate of drug-likeness (QED) is 0.523. The van der Waals surface area contributed by atoms with Crippen LogP contribution in [0.25, 0.3) is 21.0 Å². The Labute approximate surface area is 182 Å². The zero-order chi connectivity index (χ0) is 20.7. The van der Waals surface area contributed by atoms with Crippen LogP contribution >= 0.6 is 22.9 Å². The number of rotatable bonds is 4. The standard InChI is InChI=1S/C22H20ClN5OS/c23-16-3-2-15-8-17(30-20(15)9-16)11-27-5-6-28(21(29)12-27)10-14-1-4-18-19(7-14)25-13-26-22(18)24/h1-4,7-9,13H,5-6,10-12H2,(H2,24,25,26). The Morgan fingerprint density at radius 2 is 1.97 bits per heavy atom. The van der Waals surface area contributed by atoms with E-state index in [1.165, 1.54) is 21.3 Å². The molecular formula is C22H20ClN5OS. The SMILES string of the molecule is Nc1ncnc2cc(CN3CCN(Cc4cc5ccc(Cl)cc5s4)CC3=O)ccc12. The van der Waals surface area contributed by atoms with Crippen molar-refractivity contribution in [3.05, 3.63) is 64.3 Å². The summed E-state index contributed by atoms with van der Waals surface area (Å²) in [4.78, 5) is 26.4. The lowest BCUT2D eigenvalue weighted by molar-refractivity contribution is -0.136. The summed E-state index contributed by atoms with van der Waals surface area (Å²) in [5.41, 5.74) is 7.74. The average molecular weight is 438 g/mol. The molecule has 0 saturated carbocycles. The number of nitrogen functional groups attached to an aromatic ring is 1. The van der Waals surface area contributed by atoms with Crippen molar-refractivity contribution in [2.24, 2.45) is 0 Å². The van der Waals surface area contributed by atoms with E-state index in [1.54, 1.807) is 11.3 Å². The number of benzene rings is 2. The van der Waals surface area contributed by atoms with E-state index in [-0.39, 0.29) is 5.91 Å². The summed E-state index contributed by atoms with van der Waals surface area (Å²) in [6, 6.07) is 14.0. The summed E-state index contributed by atoms with van der Waals surface area (Å²) in [6.07, 6.45) is 1.47. The van der Waals surface area contributed by atoms with E-state index in [2.05, 4.69) is 20.9 Å². The molecule has 0 spiro atoms. The second kappa shape index (κ2) is 7.83. The van der Waals surface area contributed by atoms with Gasteiger partial charge in [0.15, 0.2) is 0 Å². The topological polar surface area (TPSA) is 75.3 Å². The largest absolute Gasteiger partial charge is 0.383 e. The van der Waals surface area contributed by atoms with Crippen molar-refractivity contribution in [2.75, 3.05) is 25.4 Å². The maximum absolute atomic E-state index is 12.8. The molecule has 0 atom stereocenters. The van der Waals surface area contributed by atoms with Gasteiger partial charge in [-0.1, -0.05) is 23.7 Å². The van der Waals surface area contributed by atoms with Crippen molar-refractivity contribution >= 4 is 55.7 Å². The van der Waals surface area contributed by atoms with E-state index >= 15 is 0 Å². The summed E-state index contributed by atoms with van der Waals surface area (Å²) < 4.78 is 1.18. The highest BCUT2D eigenvalue weighted by atomic mass is 35.5. The van der Waals surface area contributed by atoms with Gasteiger partial charge in [0.1, 0.15) is 12.1 Å². The van der Waals surface area contributed by atoms with Crippen molar-refractivity contribution in [2.45, 2.75) is 13.1 Å². The van der Waals surface area contributed by atoms with Gasteiger partial charge in [-0.3, -0.25) is 9.69 Å². The average Bonchev–Trinajstić information content (AvgIpc) is 3.11. The third-order valence-electron chi connectivity index (χ3n) is 5.42. The molecule has 0 bridgehead atoms. The molecule has 3 heterocycles. The van der Waals surface area contributed by atoms with Crippen LogP contribution < -0.4 is 5.73 Å². The fraction of sp³-hybridized carbons (Fsp3) is 0.227. The summed E-state index contributed by atoms with van der Waals surface area (Å²) in [5, 5.41) is 2.79. The van der Waals surface area contributed by atoms with Gasteiger partial charge in [-0.2, -0.15) is 0 Å². The van der Waals surface area contributed by atoms with Gasteiger partial charge in [-0.05, 0) is 41.3 Å². The van der Waals surface area contributed by atoms with Gasteiger partial charge >= 0.3 is 0 Å². The molecular weight excluding hydrogens is 418 g/mol. The van der Waals surface area contributed by atoms with E-state index in [4.69, 9.17) is 17.3 Å². The molecule has 1 aliphatic heterocycles. The maximum atomic E-state index is 12.8. The van der Waals surface area contributed by atoms with E-state index in [1.807, 2.05) is 41.3 Å². The van der Waals surface area contributed by atoms with Gasteiger partial charge in [0, 0.05) is 46.2 Å². The zero-order valence-electron chi connectivity index (χ0n) is 16.2. The lowest BCUT2D eigenvalue weighted by Gasteiger charge is -2.34. The molecule has 30 heavy (non-hydrogen) atoms. The molecule has 0 aliphatic carbocycles. The van der Waals surface area contributed by atoms with E-state index in [0.717, 1.165) is 34.6 Å². The number of amides is 1. The van der Waals surface area contributed by atoms with Gasteiger partial charge < -0.3 is 10.6 Å². The number of nitrogens with zero attached hydrogens (tertiary/aromatic N) is 4. The number of thiophene rings is 1. The van der Waals surface area contributed by atoms with Gasteiger partial charge in [-0.25, -0.2) is 9.97 Å². The molecule has 5 rings (SSSR count). The Bertz CT molecular complexity index is 1260. The molecule has 1 amide bonds. The first kappa shape index (κ1) is 19.2. The lowest BCUT2D eigenvalue weighted by Crippen LogP contribution is -2.49. The molecule has 1 saturated heterocycles. The Hall–Kier alpha value is -2.74. The highest BCUT2D eigenvalue weighted by Gasteiger charge is 2.24. The van der Waals surface area contributed by atoms with Crippen LogP contribution in [0.5, 0.6) is 0 Å². The number of carbonyl (C=O) groups is 1. The van der Waals surface area contributed by atoms with Gasteiger partial charge in [0.25, 0.3) is 0 Å². The molecule has 2 N–H and O–H groups in total. The second-order valence-electron chi connectivity index (χ2n) is 7.53. The second-order valence-corrected chi connectivity index (χ2v) is 9.14. The van der Waals surface area contributed by atoms with E-state index in [9.17, 15) is 4.79 Å². The highest BCUT2D eigenvalue weighted by Crippen LogP contribution is 2.29. The molecule has 1 fully saturated rings. The number of fused-ring (bicyclic) bond motifs is 2. The van der Waals surface area contributed by atoms with Crippen LogP contribution in [0.2, 0.25) is 5.02 Å². The van der Waals surface area contributed by atoms with Crippen molar-refractivity contribution in [1.82, 2.24) is 19.8 Å². The molecule has 4 aromatic rings. The summed E-state index contributed by atoms with van der Waals surface area (Å²) in [5.74, 6) is 0.618. The van der Waals surface area contributed by atoms with Gasteiger partial charge in [-0.15, -0.1) is 11.3 Å². The van der Waals surface area contributed by atoms with Crippen molar-refractivity contribution < 1.29 is 4.79 Å². The monoisotopic (exact) mass is 437 g/mol. The Morgan fingerprint density at radius 3 is 2.83 bits per heavy atom. The Balaban J connectivity index is 1.24. The minimum atomic E-state index is 0.146. The van der Waals surface area contributed by atoms with Crippen LogP contribution in [0.1, 0.15) is 10.4 Å². The number of halogens is 1. The minimum Gasteiger partial charge on any atom is -0.383 e. The molecule has 8 heteroatoms. The number of hydrogen-bond acceptors (Lipinski definition) is 6. The number of hydrogen-bond donors (Lipinski definition) is 1. The Kier molecular flexibility index (Phi) is 5.02. The number of aromatic nitrogens is 2. The minimum absolute atomic E-state index is 0.146. The fourth-order valence-electron chi connectivity index (χ4n) is 3.86. The van der Waals surface area contributed by atoms with Crippen LogP contribution in [-0.4, -0.2) is 45.3 Å². The van der Waals surface area contributed by atoms with Crippen LogP contribution in [-0.2, 0) is 17.9 Å². The zero-order valence-corrected chi connectivity index (χ0v) is 17.8. The predicted molar refractivity (Wildman–Crippen MR) is 121 cm³/mol. The van der Waals surface area contributed by atoms with Crippen molar-refractivity contribution in [3.8, 4) is 0 Å². The lowest BCUT2D eigenvalue weighted by atomic mass is 10.1. The van der Waals surface area contributed by atoms with Gasteiger partial charge in [0.2, 0.25) is 5.91 Å². The first-order valence-electron chi connectivity index (χ1n) is 9.72. The van der Waals surface area contributed by atoms with Crippen LogP contribution in [0.3, 0.4) is 0 Å². The smallest absolute Gasteiger partial charge is 0.237 e. The fourth-order valence-corrected chi connectivity index (χ4v) is 5.24. The molecule has 2 aromatic carbocycles. The van der Waals surface area contributed by atoms with Gasteiger partial charge in [0.05, 0.1) is 12.1 Å². The van der Waals surface area contributed by atoms with Crippen LogP contribution in [0.15, 0.2) is 48.8 Å². The first-order valence-corrected chi connectivity index (χ1v) is 10.9. The molecule has 152 valence electrons. The normalized spacial score (nSPS) is 15.4. The first-order chi connectivity index (χ1) is 14.5. The number of anilines is 1. The van der Waals surface area contributed by atoms with E-state index in [0.29, 0.717) is 25.5 Å². The number of carbonyl (C=O) groups excluding carboxylic acids is 1. The summed E-state index contributed by atoms with van der Waals surface area (Å²) in [6.45, 7) is 3.34. The van der Waals surface area contributed by atoms with E-state index < -0.39 is 0 Å². The van der Waals surface area contributed by atoms with Crippen molar-refractivity contribution in [1.29, 1.82) is 0 Å². The third-order valence-corrected chi connectivity index (χ3v) is 6.73. The number of nitrogens with two attached hydrogens (primary N) is 1. The highest BCUT2D eigenvalue weighted by molar-refractivity contribution is 7.19. The maximum Gasteiger partial charge on any atom is 0.237 e. The number of piperazine rings is 1. The summed E-state index contributed by atoms with van der Waals surface area (Å²) in [7, 11) is 0. The summed E-state index contributed by atoms with van der Waals surface area (Å²) >= 11 is 7.83. The van der Waals surface area contributed by atoms with Crippen molar-refractivity contribution in [3.63, 3.8) is 0 Å².